The highest BCUT2D eigenvalue weighted by Crippen LogP contribution is 2.27. The maximum Gasteiger partial charge on any atom is 0.319 e. The summed E-state index contributed by atoms with van der Waals surface area (Å²) in [6.07, 6.45) is 0.713. The van der Waals surface area contributed by atoms with Crippen LogP contribution >= 0.6 is 11.8 Å². The first-order chi connectivity index (χ1) is 8.63. The molecule has 0 bridgehead atoms. The maximum absolute atomic E-state index is 11.4. The number of aromatic nitrogens is 4. The third-order valence-corrected chi connectivity index (χ3v) is 3.83. The van der Waals surface area contributed by atoms with Gasteiger partial charge in [-0.25, -0.2) is 9.50 Å². The number of hydrogen-bond acceptors (Lipinski definition) is 6. The largest absolute Gasteiger partial charge is 0.465 e. The van der Waals surface area contributed by atoms with E-state index in [1.165, 1.54) is 11.8 Å². The van der Waals surface area contributed by atoms with Gasteiger partial charge in [0.1, 0.15) is 5.25 Å². The maximum atomic E-state index is 11.4. The molecular formula is C11H12N4O2S. The summed E-state index contributed by atoms with van der Waals surface area (Å²) in [4.78, 5) is 20.0. The van der Waals surface area contributed by atoms with E-state index in [0.717, 1.165) is 11.4 Å². The van der Waals surface area contributed by atoms with Gasteiger partial charge in [-0.1, -0.05) is 11.8 Å². The Morgan fingerprint density at radius 2 is 2.28 bits per heavy atom. The van der Waals surface area contributed by atoms with Gasteiger partial charge in [0.15, 0.2) is 0 Å². The molecule has 7 heteroatoms. The van der Waals surface area contributed by atoms with Crippen molar-refractivity contribution in [3.63, 3.8) is 0 Å². The Kier molecular flexibility index (Phi) is 2.70. The lowest BCUT2D eigenvalue weighted by Crippen LogP contribution is -2.09. The van der Waals surface area contributed by atoms with E-state index >= 15 is 0 Å². The molecule has 3 heterocycles. The van der Waals surface area contributed by atoms with Gasteiger partial charge in [0.2, 0.25) is 5.16 Å². The molecule has 1 fully saturated rings. The number of ether oxygens (including phenoxy) is 1. The molecule has 0 saturated carbocycles. The van der Waals surface area contributed by atoms with Crippen LogP contribution in [-0.2, 0) is 9.53 Å². The molecular weight excluding hydrogens is 252 g/mol. The van der Waals surface area contributed by atoms with Gasteiger partial charge in [0.05, 0.1) is 6.61 Å². The van der Waals surface area contributed by atoms with Gasteiger partial charge < -0.3 is 4.74 Å². The molecule has 2 aromatic rings. The number of cyclic esters (lactones) is 1. The summed E-state index contributed by atoms with van der Waals surface area (Å²) in [7, 11) is 0. The molecule has 1 aliphatic rings. The Bertz CT molecular complexity index is 625. The molecule has 6 nitrogen and oxygen atoms in total. The van der Waals surface area contributed by atoms with Crippen molar-refractivity contribution in [2.75, 3.05) is 6.61 Å². The van der Waals surface area contributed by atoms with E-state index in [4.69, 9.17) is 4.74 Å². The summed E-state index contributed by atoms with van der Waals surface area (Å²) in [5.41, 5.74) is 1.88. The normalized spacial score (nSPS) is 19.4. The van der Waals surface area contributed by atoms with E-state index in [9.17, 15) is 4.79 Å². The van der Waals surface area contributed by atoms with E-state index in [1.807, 2.05) is 19.9 Å². The Morgan fingerprint density at radius 3 is 3.00 bits per heavy atom. The van der Waals surface area contributed by atoms with Crippen LogP contribution in [0.5, 0.6) is 0 Å². The van der Waals surface area contributed by atoms with Crippen LogP contribution in [0.3, 0.4) is 0 Å². The van der Waals surface area contributed by atoms with Crippen LogP contribution < -0.4 is 0 Å². The zero-order valence-electron chi connectivity index (χ0n) is 10.1. The lowest BCUT2D eigenvalue weighted by molar-refractivity contribution is -0.137. The second-order valence-corrected chi connectivity index (χ2v) is 5.38. The predicted octanol–water partition coefficient (Wildman–Crippen LogP) is 1.15. The number of rotatable bonds is 2. The minimum absolute atomic E-state index is 0.181. The van der Waals surface area contributed by atoms with Crippen LogP contribution in [0.2, 0.25) is 0 Å². The monoisotopic (exact) mass is 264 g/mol. The average molecular weight is 264 g/mol. The minimum Gasteiger partial charge on any atom is -0.465 e. The van der Waals surface area contributed by atoms with Gasteiger partial charge in [-0.3, -0.25) is 4.79 Å². The lowest BCUT2D eigenvalue weighted by Gasteiger charge is -1.99. The highest BCUT2D eigenvalue weighted by Gasteiger charge is 2.29. The molecule has 0 N–H and O–H groups in total. The van der Waals surface area contributed by atoms with E-state index < -0.39 is 0 Å². The van der Waals surface area contributed by atoms with Crippen LogP contribution in [-0.4, -0.2) is 37.4 Å². The van der Waals surface area contributed by atoms with Crippen molar-refractivity contribution in [1.82, 2.24) is 19.6 Å². The first kappa shape index (κ1) is 11.5. The molecule has 0 aromatic carbocycles. The first-order valence-corrected chi connectivity index (χ1v) is 6.56. The summed E-state index contributed by atoms with van der Waals surface area (Å²) in [6, 6.07) is 1.94. The fourth-order valence-electron chi connectivity index (χ4n) is 1.91. The molecule has 0 unspecified atom stereocenters. The van der Waals surface area contributed by atoms with Gasteiger partial charge >= 0.3 is 5.97 Å². The molecule has 1 atom stereocenters. The SMILES string of the molecule is Cc1cc(C)n2nc(S[C@@H]3CCOC3=O)nc2n1. The fourth-order valence-corrected chi connectivity index (χ4v) is 2.81. The van der Waals surface area contributed by atoms with Gasteiger partial charge in [0.25, 0.3) is 5.78 Å². The van der Waals surface area contributed by atoms with Gasteiger partial charge in [-0.2, -0.15) is 4.98 Å². The molecule has 0 spiro atoms. The van der Waals surface area contributed by atoms with Crippen molar-refractivity contribution in [3.8, 4) is 0 Å². The van der Waals surface area contributed by atoms with E-state index in [-0.39, 0.29) is 11.2 Å². The van der Waals surface area contributed by atoms with Crippen LogP contribution in [0.15, 0.2) is 11.2 Å². The van der Waals surface area contributed by atoms with Crippen molar-refractivity contribution < 1.29 is 9.53 Å². The van der Waals surface area contributed by atoms with Crippen molar-refractivity contribution in [3.05, 3.63) is 17.5 Å². The van der Waals surface area contributed by atoms with Gasteiger partial charge in [0, 0.05) is 17.8 Å². The number of nitrogens with zero attached hydrogens (tertiary/aromatic N) is 4. The third-order valence-electron chi connectivity index (χ3n) is 2.73. The number of aryl methyl sites for hydroxylation is 2. The molecule has 3 rings (SSSR count). The van der Waals surface area contributed by atoms with Crippen LogP contribution in [0, 0.1) is 13.8 Å². The van der Waals surface area contributed by atoms with Crippen molar-refractivity contribution in [1.29, 1.82) is 0 Å². The number of carbonyl (C=O) groups excluding carboxylic acids is 1. The van der Waals surface area contributed by atoms with Crippen molar-refractivity contribution >= 4 is 23.5 Å². The molecule has 2 aromatic heterocycles. The molecule has 0 radical (unpaired) electrons. The van der Waals surface area contributed by atoms with E-state index in [1.54, 1.807) is 4.52 Å². The quantitative estimate of drug-likeness (QED) is 0.758. The smallest absolute Gasteiger partial charge is 0.319 e. The molecule has 0 amide bonds. The molecule has 1 aliphatic heterocycles. The molecule has 1 saturated heterocycles. The highest BCUT2D eigenvalue weighted by molar-refractivity contribution is 8.00. The number of hydrogen-bond donors (Lipinski definition) is 0. The summed E-state index contributed by atoms with van der Waals surface area (Å²) >= 11 is 1.34. The average Bonchev–Trinajstić information content (AvgIpc) is 2.86. The summed E-state index contributed by atoms with van der Waals surface area (Å²) < 4.78 is 6.61. The number of esters is 1. The standard InChI is InChI=1S/C11H12N4O2S/c1-6-5-7(2)15-10(12-6)13-11(14-15)18-8-3-4-17-9(8)16/h5,8H,3-4H2,1-2H3/t8-/m1/s1. The number of fused-ring (bicyclic) bond motifs is 1. The third kappa shape index (κ3) is 1.94. The summed E-state index contributed by atoms with van der Waals surface area (Å²) in [6.45, 7) is 4.36. The van der Waals surface area contributed by atoms with Crippen molar-refractivity contribution in [2.45, 2.75) is 30.7 Å². The Hall–Kier alpha value is -1.63. The zero-order chi connectivity index (χ0) is 12.7. The molecule has 0 aliphatic carbocycles. The highest BCUT2D eigenvalue weighted by atomic mass is 32.2. The second kappa shape index (κ2) is 4.24. The van der Waals surface area contributed by atoms with E-state index in [2.05, 4.69) is 15.1 Å². The van der Waals surface area contributed by atoms with Crippen LogP contribution in [0.4, 0.5) is 0 Å². The predicted molar refractivity (Wildman–Crippen MR) is 65.5 cm³/mol. The summed E-state index contributed by atoms with van der Waals surface area (Å²) in [5, 5.41) is 4.73. The lowest BCUT2D eigenvalue weighted by atomic mass is 10.4. The van der Waals surface area contributed by atoms with Gasteiger partial charge in [-0.15, -0.1) is 5.10 Å². The Balaban J connectivity index is 1.93. The van der Waals surface area contributed by atoms with E-state index in [0.29, 0.717) is 24.0 Å². The zero-order valence-corrected chi connectivity index (χ0v) is 10.9. The van der Waals surface area contributed by atoms with Crippen molar-refractivity contribution in [2.24, 2.45) is 0 Å². The topological polar surface area (TPSA) is 69.4 Å². The second-order valence-electron chi connectivity index (χ2n) is 4.21. The fraction of sp³-hybridized carbons (Fsp3) is 0.455. The van der Waals surface area contributed by atoms with Crippen LogP contribution in [0.25, 0.3) is 5.78 Å². The summed E-state index contributed by atoms with van der Waals surface area (Å²) in [5.74, 6) is 0.390. The molecule has 18 heavy (non-hydrogen) atoms. The number of thioether (sulfide) groups is 1. The van der Waals surface area contributed by atoms with Crippen LogP contribution in [0.1, 0.15) is 17.8 Å². The first-order valence-electron chi connectivity index (χ1n) is 5.68. The Morgan fingerprint density at radius 1 is 1.44 bits per heavy atom. The Labute approximate surface area is 108 Å². The number of carbonyl (C=O) groups is 1. The minimum atomic E-state index is -0.191. The molecule has 94 valence electrons. The van der Waals surface area contributed by atoms with Gasteiger partial charge in [-0.05, 0) is 19.9 Å².